The maximum Gasteiger partial charge on any atom is 0.317 e. The lowest BCUT2D eigenvalue weighted by Gasteiger charge is -2.37. The van der Waals surface area contributed by atoms with Crippen molar-refractivity contribution in [2.24, 2.45) is 5.92 Å². The molecule has 0 spiro atoms. The lowest BCUT2D eigenvalue weighted by atomic mass is 9.88. The van der Waals surface area contributed by atoms with Gasteiger partial charge in [0.25, 0.3) is 0 Å². The number of amides is 3. The second-order valence-corrected chi connectivity index (χ2v) is 6.79. The molecule has 1 aliphatic heterocycles. The lowest BCUT2D eigenvalue weighted by Crippen LogP contribution is -2.54. The summed E-state index contributed by atoms with van der Waals surface area (Å²) in [6.45, 7) is 3.11. The van der Waals surface area contributed by atoms with Gasteiger partial charge in [0.1, 0.15) is 0 Å². The van der Waals surface area contributed by atoms with E-state index in [9.17, 15) is 9.59 Å². The first-order chi connectivity index (χ1) is 11.7. The van der Waals surface area contributed by atoms with Gasteiger partial charge in [-0.25, -0.2) is 4.79 Å². The Morgan fingerprint density at radius 3 is 2.21 bits per heavy atom. The maximum atomic E-state index is 12.5. The minimum absolute atomic E-state index is 0.0383. The van der Waals surface area contributed by atoms with E-state index >= 15 is 0 Å². The van der Waals surface area contributed by atoms with Crippen molar-refractivity contribution in [3.8, 4) is 0 Å². The summed E-state index contributed by atoms with van der Waals surface area (Å²) in [5.74, 6) is 0.524. The Kier molecular flexibility index (Phi) is 5.72. The van der Waals surface area contributed by atoms with E-state index < -0.39 is 0 Å². The highest BCUT2D eigenvalue weighted by Crippen LogP contribution is 2.25. The van der Waals surface area contributed by atoms with Crippen LogP contribution in [0, 0.1) is 5.92 Å². The smallest absolute Gasteiger partial charge is 0.317 e. The van der Waals surface area contributed by atoms with Gasteiger partial charge in [0, 0.05) is 38.6 Å². The Labute approximate surface area is 144 Å². The summed E-state index contributed by atoms with van der Waals surface area (Å²) in [5.41, 5.74) is 1.09. The predicted molar refractivity (Wildman–Crippen MR) is 93.4 cm³/mol. The Bertz CT molecular complexity index is 547. The van der Waals surface area contributed by atoms with Crippen molar-refractivity contribution in [1.82, 2.24) is 15.1 Å². The predicted octanol–water partition coefficient (Wildman–Crippen LogP) is 2.62. The highest BCUT2D eigenvalue weighted by Gasteiger charge is 2.29. The molecule has 0 radical (unpaired) electrons. The van der Waals surface area contributed by atoms with Gasteiger partial charge in [0.2, 0.25) is 5.91 Å². The Morgan fingerprint density at radius 1 is 0.917 bits per heavy atom. The molecular weight excluding hydrogens is 302 g/mol. The molecule has 24 heavy (non-hydrogen) atoms. The van der Waals surface area contributed by atoms with Crippen molar-refractivity contribution in [2.75, 3.05) is 26.2 Å². The summed E-state index contributed by atoms with van der Waals surface area (Å²) in [6.07, 6.45) is 5.70. The van der Waals surface area contributed by atoms with Gasteiger partial charge in [-0.05, 0) is 18.4 Å². The van der Waals surface area contributed by atoms with E-state index in [4.69, 9.17) is 0 Å². The van der Waals surface area contributed by atoms with Crippen LogP contribution in [-0.4, -0.2) is 47.9 Å². The molecule has 1 saturated heterocycles. The zero-order valence-corrected chi connectivity index (χ0v) is 14.2. The molecule has 5 nitrogen and oxygen atoms in total. The second kappa shape index (κ2) is 8.18. The number of piperazine rings is 1. The molecule has 3 rings (SSSR count). The monoisotopic (exact) mass is 329 g/mol. The minimum atomic E-state index is -0.0383. The van der Waals surface area contributed by atoms with Crippen LogP contribution in [0.2, 0.25) is 0 Å². The quantitative estimate of drug-likeness (QED) is 0.927. The molecule has 130 valence electrons. The molecule has 1 heterocycles. The third kappa shape index (κ3) is 4.28. The SMILES string of the molecule is O=C(NCc1ccccc1)N1CCN(C(=O)C2CCCCC2)CC1. The Hall–Kier alpha value is -2.04. The average Bonchev–Trinajstić information content (AvgIpc) is 2.67. The summed E-state index contributed by atoms with van der Waals surface area (Å²) in [4.78, 5) is 28.6. The summed E-state index contributed by atoms with van der Waals surface area (Å²) in [6, 6.07) is 9.87. The largest absolute Gasteiger partial charge is 0.339 e. The fourth-order valence-electron chi connectivity index (χ4n) is 3.62. The number of carbonyl (C=O) groups excluding carboxylic acids is 2. The molecule has 1 aliphatic carbocycles. The zero-order chi connectivity index (χ0) is 16.8. The fraction of sp³-hybridized carbons (Fsp3) is 0.579. The van der Waals surface area contributed by atoms with E-state index in [1.54, 1.807) is 0 Å². The van der Waals surface area contributed by atoms with E-state index in [2.05, 4.69) is 5.32 Å². The Morgan fingerprint density at radius 2 is 1.54 bits per heavy atom. The van der Waals surface area contributed by atoms with Crippen molar-refractivity contribution in [1.29, 1.82) is 0 Å². The van der Waals surface area contributed by atoms with Gasteiger partial charge in [-0.15, -0.1) is 0 Å². The molecule has 0 aromatic heterocycles. The molecular formula is C19H27N3O2. The first-order valence-corrected chi connectivity index (χ1v) is 9.09. The number of nitrogens with one attached hydrogen (secondary N) is 1. The Balaban J connectivity index is 1.42. The molecule has 0 unspecified atom stereocenters. The van der Waals surface area contributed by atoms with Crippen LogP contribution in [-0.2, 0) is 11.3 Å². The number of rotatable bonds is 3. The van der Waals surface area contributed by atoms with E-state index in [0.717, 1.165) is 18.4 Å². The van der Waals surface area contributed by atoms with Crippen LogP contribution in [0.5, 0.6) is 0 Å². The number of benzene rings is 1. The molecule has 0 atom stereocenters. The average molecular weight is 329 g/mol. The van der Waals surface area contributed by atoms with Crippen LogP contribution < -0.4 is 5.32 Å². The summed E-state index contributed by atoms with van der Waals surface area (Å²) < 4.78 is 0. The second-order valence-electron chi connectivity index (χ2n) is 6.79. The van der Waals surface area contributed by atoms with Crippen LogP contribution in [0.3, 0.4) is 0 Å². The number of hydrogen-bond donors (Lipinski definition) is 1. The number of urea groups is 1. The van der Waals surface area contributed by atoms with Crippen LogP contribution in [0.25, 0.3) is 0 Å². The summed E-state index contributed by atoms with van der Waals surface area (Å²) in [5, 5.41) is 2.96. The number of hydrogen-bond acceptors (Lipinski definition) is 2. The molecule has 1 N–H and O–H groups in total. The van der Waals surface area contributed by atoms with Crippen LogP contribution in [0.15, 0.2) is 30.3 Å². The number of carbonyl (C=O) groups is 2. The highest BCUT2D eigenvalue weighted by molar-refractivity contribution is 5.79. The maximum absolute atomic E-state index is 12.5. The minimum Gasteiger partial charge on any atom is -0.339 e. The van der Waals surface area contributed by atoms with Gasteiger partial charge in [-0.2, -0.15) is 0 Å². The van der Waals surface area contributed by atoms with Gasteiger partial charge in [-0.3, -0.25) is 4.79 Å². The van der Waals surface area contributed by atoms with Crippen LogP contribution >= 0.6 is 0 Å². The van der Waals surface area contributed by atoms with E-state index in [-0.39, 0.29) is 11.9 Å². The molecule has 1 saturated carbocycles. The molecule has 1 aromatic rings. The fourth-order valence-corrected chi connectivity index (χ4v) is 3.62. The van der Waals surface area contributed by atoms with Crippen molar-refractivity contribution in [3.63, 3.8) is 0 Å². The van der Waals surface area contributed by atoms with Gasteiger partial charge in [0.15, 0.2) is 0 Å². The van der Waals surface area contributed by atoms with E-state index in [0.29, 0.717) is 38.6 Å². The van der Waals surface area contributed by atoms with Gasteiger partial charge in [-0.1, -0.05) is 49.6 Å². The lowest BCUT2D eigenvalue weighted by molar-refractivity contribution is -0.138. The van der Waals surface area contributed by atoms with Gasteiger partial charge in [0.05, 0.1) is 0 Å². The summed E-state index contributed by atoms with van der Waals surface area (Å²) >= 11 is 0. The highest BCUT2D eigenvalue weighted by atomic mass is 16.2. The van der Waals surface area contributed by atoms with Crippen molar-refractivity contribution in [3.05, 3.63) is 35.9 Å². The van der Waals surface area contributed by atoms with Gasteiger partial charge >= 0.3 is 6.03 Å². The molecule has 2 fully saturated rings. The zero-order valence-electron chi connectivity index (χ0n) is 14.2. The number of nitrogens with zero attached hydrogens (tertiary/aromatic N) is 2. The van der Waals surface area contributed by atoms with Crippen molar-refractivity contribution in [2.45, 2.75) is 38.6 Å². The van der Waals surface area contributed by atoms with Crippen LogP contribution in [0.4, 0.5) is 4.79 Å². The molecule has 0 bridgehead atoms. The van der Waals surface area contributed by atoms with E-state index in [1.165, 1.54) is 19.3 Å². The molecule has 5 heteroatoms. The molecule has 1 aromatic carbocycles. The topological polar surface area (TPSA) is 52.7 Å². The van der Waals surface area contributed by atoms with Crippen LogP contribution in [0.1, 0.15) is 37.7 Å². The standard InChI is InChI=1S/C19H27N3O2/c23-18(17-9-5-2-6-10-17)21-11-13-22(14-12-21)19(24)20-15-16-7-3-1-4-8-16/h1,3-4,7-8,17H,2,5-6,9-15H2,(H,20,24). The first kappa shape index (κ1) is 16.8. The van der Waals surface area contributed by atoms with Crippen molar-refractivity contribution >= 4 is 11.9 Å². The normalized spacial score (nSPS) is 19.2. The van der Waals surface area contributed by atoms with Gasteiger partial charge < -0.3 is 15.1 Å². The molecule has 2 aliphatic rings. The van der Waals surface area contributed by atoms with E-state index in [1.807, 2.05) is 40.1 Å². The third-order valence-electron chi connectivity index (χ3n) is 5.12. The first-order valence-electron chi connectivity index (χ1n) is 9.09. The van der Waals surface area contributed by atoms with Crippen molar-refractivity contribution < 1.29 is 9.59 Å². The molecule has 3 amide bonds. The summed E-state index contributed by atoms with van der Waals surface area (Å²) in [7, 11) is 0. The third-order valence-corrected chi connectivity index (χ3v) is 5.12.